The highest BCUT2D eigenvalue weighted by molar-refractivity contribution is 6.55. The Morgan fingerprint density at radius 1 is 1.23 bits per heavy atom. The molecule has 4 N–H and O–H groups in total. The molecule has 0 bridgehead atoms. The van der Waals surface area contributed by atoms with Crippen LogP contribution in [0, 0.1) is 0 Å². The van der Waals surface area contributed by atoms with Crippen LogP contribution in [0.25, 0.3) is 0 Å². The van der Waals surface area contributed by atoms with Crippen molar-refractivity contribution in [2.24, 2.45) is 5.73 Å². The highest BCUT2D eigenvalue weighted by Gasteiger charge is 2.52. The Morgan fingerprint density at radius 2 is 1.87 bits per heavy atom. The van der Waals surface area contributed by atoms with E-state index in [0.717, 1.165) is 11.5 Å². The van der Waals surface area contributed by atoms with Gasteiger partial charge in [0.25, 0.3) is 0 Å². The maximum atomic E-state index is 11.0. The highest BCUT2D eigenvalue weighted by Crippen LogP contribution is 2.39. The first-order valence-corrected chi connectivity index (χ1v) is 11.3. The maximum Gasteiger partial charge on any atom is 0.494 e. The number of likely N-dealkylation sites (tertiary alicyclic amines) is 1. The van der Waals surface area contributed by atoms with Crippen molar-refractivity contribution < 1.29 is 19.2 Å². The first kappa shape index (κ1) is 23.5. The molecule has 3 heterocycles. The molecule has 2 atom stereocenters. The van der Waals surface area contributed by atoms with Gasteiger partial charge in [-0.1, -0.05) is 18.2 Å². The third kappa shape index (κ3) is 5.35. The minimum absolute atomic E-state index is 0.234. The number of hydrogen-bond donors (Lipinski definition) is 3. The molecular weight excluding hydrogens is 381 g/mol. The van der Waals surface area contributed by atoms with Crippen LogP contribution < -0.4 is 11.1 Å². The van der Waals surface area contributed by atoms with Gasteiger partial charge in [-0.25, -0.2) is 4.79 Å². The van der Waals surface area contributed by atoms with Gasteiger partial charge in [0.05, 0.1) is 11.2 Å². The molecule has 168 valence electrons. The van der Waals surface area contributed by atoms with E-state index in [1.807, 2.05) is 27.7 Å². The van der Waals surface area contributed by atoms with Crippen molar-refractivity contribution in [2.75, 3.05) is 26.2 Å². The van der Waals surface area contributed by atoms with E-state index in [0.29, 0.717) is 0 Å². The lowest BCUT2D eigenvalue weighted by Crippen LogP contribution is -2.47. The van der Waals surface area contributed by atoms with Gasteiger partial charge in [-0.05, 0) is 84.9 Å². The minimum atomic E-state index is -1.33. The monoisotopic (exact) mass is 419 g/mol. The van der Waals surface area contributed by atoms with Crippen LogP contribution >= 0.6 is 0 Å². The van der Waals surface area contributed by atoms with Gasteiger partial charge in [-0.2, -0.15) is 0 Å². The molecular formula is C22H38BN3O4. The summed E-state index contributed by atoms with van der Waals surface area (Å²) in [5.41, 5.74) is 4.44. The fraction of sp³-hybridized carbons (Fsp3) is 0.773. The molecule has 4 rings (SSSR count). The van der Waals surface area contributed by atoms with Crippen LogP contribution in [0.2, 0.25) is 0 Å². The van der Waals surface area contributed by atoms with E-state index in [1.54, 1.807) is 12.2 Å². The first-order valence-electron chi connectivity index (χ1n) is 11.3. The molecule has 0 saturated carbocycles. The summed E-state index contributed by atoms with van der Waals surface area (Å²) in [7, 11) is -0.473. The second-order valence-corrected chi connectivity index (χ2v) is 9.98. The van der Waals surface area contributed by atoms with Gasteiger partial charge in [-0.3, -0.25) is 0 Å². The molecule has 0 aromatic heterocycles. The third-order valence-electron chi connectivity index (χ3n) is 7.01. The lowest BCUT2D eigenvalue weighted by Gasteiger charge is -2.32. The number of carboxylic acids is 1. The number of carbonyl (C=O) groups is 1. The Morgan fingerprint density at radius 3 is 2.33 bits per heavy atom. The number of allylic oxidation sites excluding steroid dienone is 2. The molecule has 3 fully saturated rings. The molecule has 0 aromatic rings. The predicted octanol–water partition coefficient (Wildman–Crippen LogP) is 2.12. The van der Waals surface area contributed by atoms with E-state index in [4.69, 9.17) is 20.1 Å². The number of nitrogens with one attached hydrogen (secondary N) is 1. The Labute approximate surface area is 181 Å². The first-order chi connectivity index (χ1) is 14.0. The molecule has 8 heteroatoms. The SMILES string of the molecule is C1CN[C@H](CN2CCCC2)C1.CC1(C)OB(C2=CCC(N)(C(=O)O)C=C2)OC1(C)C. The number of aliphatic carboxylic acids is 1. The number of rotatable bonds is 4. The Hall–Kier alpha value is -1.19. The molecule has 0 spiro atoms. The van der Waals surface area contributed by atoms with Crippen LogP contribution in [0.4, 0.5) is 0 Å². The Balaban J connectivity index is 0.000000196. The zero-order valence-corrected chi connectivity index (χ0v) is 18.9. The normalized spacial score (nSPS) is 32.6. The smallest absolute Gasteiger partial charge is 0.480 e. The topological polar surface area (TPSA) is 97.1 Å². The van der Waals surface area contributed by atoms with Crippen molar-refractivity contribution in [3.8, 4) is 0 Å². The quantitative estimate of drug-likeness (QED) is 0.601. The summed E-state index contributed by atoms with van der Waals surface area (Å²) >= 11 is 0. The van der Waals surface area contributed by atoms with Crippen LogP contribution in [-0.4, -0.2) is 72.1 Å². The maximum absolute atomic E-state index is 11.0. The molecule has 30 heavy (non-hydrogen) atoms. The summed E-state index contributed by atoms with van der Waals surface area (Å²) < 4.78 is 11.8. The van der Waals surface area contributed by atoms with Crippen molar-refractivity contribution in [2.45, 2.75) is 82.6 Å². The zero-order valence-electron chi connectivity index (χ0n) is 18.9. The molecule has 0 aromatic carbocycles. The predicted molar refractivity (Wildman–Crippen MR) is 119 cm³/mol. The summed E-state index contributed by atoms with van der Waals surface area (Å²) in [6, 6.07) is 0.813. The summed E-state index contributed by atoms with van der Waals surface area (Å²) in [4.78, 5) is 13.6. The van der Waals surface area contributed by atoms with E-state index in [2.05, 4.69) is 10.2 Å². The molecule has 7 nitrogen and oxygen atoms in total. The fourth-order valence-corrected chi connectivity index (χ4v) is 4.17. The van der Waals surface area contributed by atoms with Gasteiger partial charge < -0.3 is 30.4 Å². The van der Waals surface area contributed by atoms with Gasteiger partial charge >= 0.3 is 13.1 Å². The largest absolute Gasteiger partial charge is 0.494 e. The second-order valence-electron chi connectivity index (χ2n) is 9.98. The minimum Gasteiger partial charge on any atom is -0.480 e. The number of nitrogens with two attached hydrogens (primary N) is 1. The molecule has 4 aliphatic rings. The highest BCUT2D eigenvalue weighted by atomic mass is 16.7. The molecule has 0 amide bonds. The summed E-state index contributed by atoms with van der Waals surface area (Å²) in [5.74, 6) is -1.03. The van der Waals surface area contributed by atoms with Crippen LogP contribution in [0.3, 0.4) is 0 Å². The van der Waals surface area contributed by atoms with Crippen LogP contribution in [0.15, 0.2) is 23.7 Å². The van der Waals surface area contributed by atoms with Crippen molar-refractivity contribution >= 4 is 13.1 Å². The van der Waals surface area contributed by atoms with Gasteiger partial charge in [0, 0.05) is 12.6 Å². The molecule has 1 unspecified atom stereocenters. The zero-order chi connectivity index (χ0) is 22.0. The van der Waals surface area contributed by atoms with Crippen LogP contribution in [0.1, 0.15) is 59.8 Å². The molecule has 3 aliphatic heterocycles. The van der Waals surface area contributed by atoms with Gasteiger partial charge in [0.2, 0.25) is 0 Å². The summed E-state index contributed by atoms with van der Waals surface area (Å²) in [6.07, 6.45) is 10.8. The number of nitrogens with zero attached hydrogens (tertiary/aromatic N) is 1. The third-order valence-corrected chi connectivity index (χ3v) is 7.01. The standard InChI is InChI=1S/C13H20BNO4.C9H18N2/c1-11(2)12(3,4)19-14(18-11)9-5-7-13(15,8-6-9)10(16)17;1-2-7-11(6-1)8-9-4-3-5-10-9/h5-7H,8,15H2,1-4H3,(H,16,17);9-10H,1-8H2/t;9-/m.0/s1. The average molecular weight is 419 g/mol. The van der Waals surface area contributed by atoms with Crippen molar-refractivity contribution in [3.05, 3.63) is 23.7 Å². The second kappa shape index (κ2) is 9.13. The van der Waals surface area contributed by atoms with E-state index in [-0.39, 0.29) is 6.42 Å². The summed E-state index contributed by atoms with van der Waals surface area (Å²) in [5, 5.41) is 12.6. The van der Waals surface area contributed by atoms with E-state index in [9.17, 15) is 4.79 Å². The van der Waals surface area contributed by atoms with E-state index in [1.165, 1.54) is 57.9 Å². The molecule has 3 saturated heterocycles. The summed E-state index contributed by atoms with van der Waals surface area (Å²) in [6.45, 7) is 13.2. The van der Waals surface area contributed by atoms with Crippen molar-refractivity contribution in [1.82, 2.24) is 10.2 Å². The van der Waals surface area contributed by atoms with Crippen molar-refractivity contribution in [1.29, 1.82) is 0 Å². The molecule has 0 radical (unpaired) electrons. The average Bonchev–Trinajstić information content (AvgIpc) is 3.39. The Bertz CT molecular complexity index is 652. The lowest BCUT2D eigenvalue weighted by molar-refractivity contribution is -0.141. The van der Waals surface area contributed by atoms with Crippen molar-refractivity contribution in [3.63, 3.8) is 0 Å². The van der Waals surface area contributed by atoms with Gasteiger partial charge in [0.15, 0.2) is 0 Å². The molecule has 1 aliphatic carbocycles. The van der Waals surface area contributed by atoms with Gasteiger partial charge in [0.1, 0.15) is 5.54 Å². The number of hydrogen-bond acceptors (Lipinski definition) is 6. The van der Waals surface area contributed by atoms with E-state index >= 15 is 0 Å². The fourth-order valence-electron chi connectivity index (χ4n) is 4.17. The van der Waals surface area contributed by atoms with E-state index < -0.39 is 29.8 Å². The van der Waals surface area contributed by atoms with Crippen LogP contribution in [-0.2, 0) is 14.1 Å². The van der Waals surface area contributed by atoms with Crippen LogP contribution in [0.5, 0.6) is 0 Å². The lowest BCUT2D eigenvalue weighted by atomic mass is 9.73. The Kier molecular flexibility index (Phi) is 7.14. The number of carboxylic acid groups (broad SMARTS) is 1. The van der Waals surface area contributed by atoms with Gasteiger partial charge in [-0.15, -0.1) is 0 Å².